The monoisotopic (exact) mass is 619 g/mol. The van der Waals surface area contributed by atoms with Gasteiger partial charge >= 0.3 is 0 Å². The Morgan fingerprint density at radius 3 is 2.41 bits per heavy atom. The van der Waals surface area contributed by atoms with Crippen molar-refractivity contribution in [2.75, 3.05) is 31.1 Å². The van der Waals surface area contributed by atoms with Crippen LogP contribution in [-0.2, 0) is 25.7 Å². The third-order valence-corrected chi connectivity index (χ3v) is 9.54. The van der Waals surface area contributed by atoms with Crippen LogP contribution >= 0.6 is 11.6 Å². The predicted octanol–water partition coefficient (Wildman–Crippen LogP) is 5.00. The Morgan fingerprint density at radius 1 is 1.00 bits per heavy atom. The molecular formula is C35H42ClN3O5. The molecule has 8 nitrogen and oxygen atoms in total. The standard InChI is InChI=1S/C35H42ClN3O5/c1-3-20-37(24-25-14-8-7-9-15-25)32(41)29-28-18-19-35(44-28)30(29)33(42)39(22-12-5-6-13-23-40)31(35)34(43)38(21-4-2)27-17-11-10-16-26(27)36/h3-4,7-11,14-17,28-31,40H,1-2,5-6,12-13,18-24H2/t28-,29+,30-,31?,35?/m0/s1. The minimum atomic E-state index is -1.11. The number of para-hydroxylation sites is 1. The van der Waals surface area contributed by atoms with E-state index in [0.29, 0.717) is 56.0 Å². The van der Waals surface area contributed by atoms with Crippen molar-refractivity contribution in [2.45, 2.75) is 62.8 Å². The molecule has 44 heavy (non-hydrogen) atoms. The summed E-state index contributed by atoms with van der Waals surface area (Å²) in [4.78, 5) is 48.4. The summed E-state index contributed by atoms with van der Waals surface area (Å²) < 4.78 is 6.69. The van der Waals surface area contributed by atoms with Gasteiger partial charge in [0.1, 0.15) is 11.6 Å². The van der Waals surface area contributed by atoms with Gasteiger partial charge in [-0.3, -0.25) is 14.4 Å². The summed E-state index contributed by atoms with van der Waals surface area (Å²) in [6.45, 7) is 9.14. The number of amides is 3. The maximum atomic E-state index is 14.7. The average molecular weight is 620 g/mol. The quantitative estimate of drug-likeness (QED) is 0.224. The molecule has 0 aromatic heterocycles. The highest BCUT2D eigenvalue weighted by Crippen LogP contribution is 2.59. The topological polar surface area (TPSA) is 90.4 Å². The van der Waals surface area contributed by atoms with E-state index in [1.807, 2.05) is 36.4 Å². The van der Waals surface area contributed by atoms with Gasteiger partial charge in [0.15, 0.2) is 0 Å². The number of anilines is 1. The molecular weight excluding hydrogens is 578 g/mol. The number of fused-ring (bicyclic) bond motifs is 1. The minimum absolute atomic E-state index is 0.118. The zero-order valence-corrected chi connectivity index (χ0v) is 25.9. The molecule has 2 aromatic rings. The molecule has 1 N–H and O–H groups in total. The van der Waals surface area contributed by atoms with E-state index in [2.05, 4.69) is 13.2 Å². The van der Waals surface area contributed by atoms with Crippen LogP contribution in [0.15, 0.2) is 79.9 Å². The highest BCUT2D eigenvalue weighted by molar-refractivity contribution is 6.34. The summed E-state index contributed by atoms with van der Waals surface area (Å²) in [6.07, 6.45) is 6.98. The molecule has 0 radical (unpaired) electrons. The molecule has 2 bridgehead atoms. The van der Waals surface area contributed by atoms with Crippen molar-refractivity contribution < 1.29 is 24.2 Å². The lowest BCUT2D eigenvalue weighted by molar-refractivity contribution is -0.145. The van der Waals surface area contributed by atoms with E-state index in [1.165, 1.54) is 0 Å². The predicted molar refractivity (Wildman–Crippen MR) is 171 cm³/mol. The van der Waals surface area contributed by atoms with Crippen molar-refractivity contribution in [3.8, 4) is 0 Å². The van der Waals surface area contributed by atoms with Gasteiger partial charge in [-0.25, -0.2) is 0 Å². The molecule has 0 aliphatic carbocycles. The molecule has 0 saturated carbocycles. The molecule has 3 aliphatic heterocycles. The highest BCUT2D eigenvalue weighted by Gasteiger charge is 2.74. The van der Waals surface area contributed by atoms with Gasteiger partial charge in [0.25, 0.3) is 5.91 Å². The van der Waals surface area contributed by atoms with Gasteiger partial charge in [0.05, 0.1) is 28.6 Å². The van der Waals surface area contributed by atoms with Gasteiger partial charge in [0.2, 0.25) is 11.8 Å². The molecule has 2 unspecified atom stereocenters. The third-order valence-electron chi connectivity index (χ3n) is 9.22. The zero-order valence-electron chi connectivity index (χ0n) is 25.2. The first-order chi connectivity index (χ1) is 21.4. The fourth-order valence-corrected chi connectivity index (χ4v) is 7.60. The third kappa shape index (κ3) is 5.95. The Balaban J connectivity index is 1.50. The second kappa shape index (κ2) is 14.1. The van der Waals surface area contributed by atoms with Gasteiger partial charge < -0.3 is 24.5 Å². The molecule has 234 valence electrons. The summed E-state index contributed by atoms with van der Waals surface area (Å²) in [5.41, 5.74) is 0.406. The van der Waals surface area contributed by atoms with E-state index < -0.39 is 29.6 Å². The fourth-order valence-electron chi connectivity index (χ4n) is 7.36. The maximum absolute atomic E-state index is 14.7. The number of ether oxygens (including phenoxy) is 1. The number of rotatable bonds is 15. The molecule has 9 heteroatoms. The smallest absolute Gasteiger partial charge is 0.253 e. The molecule has 3 heterocycles. The second-order valence-electron chi connectivity index (χ2n) is 11.9. The number of carbonyl (C=O) groups excluding carboxylic acids is 3. The number of likely N-dealkylation sites (tertiary alicyclic amines) is 1. The van der Waals surface area contributed by atoms with Gasteiger partial charge in [-0.2, -0.15) is 0 Å². The normalized spacial score (nSPS) is 25.1. The number of halogens is 1. The number of nitrogens with zero attached hydrogens (tertiary/aromatic N) is 3. The number of benzene rings is 2. The van der Waals surface area contributed by atoms with Crippen molar-refractivity contribution in [1.82, 2.24) is 9.80 Å². The van der Waals surface area contributed by atoms with Gasteiger partial charge in [-0.1, -0.05) is 79.1 Å². The maximum Gasteiger partial charge on any atom is 0.253 e. The Hall–Kier alpha value is -3.46. The van der Waals surface area contributed by atoms with Gasteiger partial charge in [-0.15, -0.1) is 13.2 Å². The number of unbranched alkanes of at least 4 members (excludes halogenated alkanes) is 3. The average Bonchev–Trinajstić information content (AvgIpc) is 3.67. The van der Waals surface area contributed by atoms with Crippen molar-refractivity contribution >= 4 is 35.0 Å². The molecule has 3 aliphatic rings. The van der Waals surface area contributed by atoms with Crippen LogP contribution in [0.4, 0.5) is 5.69 Å². The summed E-state index contributed by atoms with van der Waals surface area (Å²) in [6, 6.07) is 16.0. The Morgan fingerprint density at radius 2 is 1.70 bits per heavy atom. The van der Waals surface area contributed by atoms with E-state index in [0.717, 1.165) is 18.4 Å². The zero-order chi connectivity index (χ0) is 31.3. The van der Waals surface area contributed by atoms with E-state index >= 15 is 0 Å². The summed E-state index contributed by atoms with van der Waals surface area (Å²) in [5.74, 6) is -2.10. The molecule has 5 rings (SSSR count). The molecule has 3 saturated heterocycles. The first kappa shape index (κ1) is 31.9. The Labute approximate surface area is 264 Å². The largest absolute Gasteiger partial charge is 0.396 e. The lowest BCUT2D eigenvalue weighted by atomic mass is 9.70. The minimum Gasteiger partial charge on any atom is -0.396 e. The van der Waals surface area contributed by atoms with Crippen LogP contribution in [0, 0.1) is 11.8 Å². The number of hydrogen-bond acceptors (Lipinski definition) is 5. The molecule has 5 atom stereocenters. The lowest BCUT2D eigenvalue weighted by Crippen LogP contribution is -2.56. The molecule has 3 fully saturated rings. The second-order valence-corrected chi connectivity index (χ2v) is 12.3. The van der Waals surface area contributed by atoms with Crippen LogP contribution in [0.5, 0.6) is 0 Å². The van der Waals surface area contributed by atoms with E-state index in [-0.39, 0.29) is 30.9 Å². The molecule has 1 spiro atoms. The van der Waals surface area contributed by atoms with Crippen LogP contribution in [0.1, 0.15) is 44.1 Å². The number of aliphatic hydroxyl groups excluding tert-OH is 1. The van der Waals surface area contributed by atoms with Gasteiger partial charge in [0, 0.05) is 32.8 Å². The van der Waals surface area contributed by atoms with E-state index in [1.54, 1.807) is 45.1 Å². The van der Waals surface area contributed by atoms with E-state index in [4.69, 9.17) is 16.3 Å². The summed E-state index contributed by atoms with van der Waals surface area (Å²) in [7, 11) is 0. The van der Waals surface area contributed by atoms with Crippen LogP contribution in [-0.4, -0.2) is 76.6 Å². The van der Waals surface area contributed by atoms with Crippen molar-refractivity contribution in [2.24, 2.45) is 11.8 Å². The number of aliphatic hydroxyl groups is 1. The Bertz CT molecular complexity index is 1370. The SMILES string of the molecule is C=CCN(Cc1ccccc1)C(=O)[C@@H]1[C@@H]2CCC3(O2)C(C(=O)N(CC=C)c2ccccc2Cl)N(CCCCCCO)C(=O)[C@H]13. The molecule has 3 amide bonds. The highest BCUT2D eigenvalue weighted by atomic mass is 35.5. The number of hydrogen-bond donors (Lipinski definition) is 1. The van der Waals surface area contributed by atoms with Crippen LogP contribution in [0.3, 0.4) is 0 Å². The lowest BCUT2D eigenvalue weighted by Gasteiger charge is -2.37. The van der Waals surface area contributed by atoms with E-state index in [9.17, 15) is 19.5 Å². The first-order valence-electron chi connectivity index (χ1n) is 15.6. The van der Waals surface area contributed by atoms with Crippen molar-refractivity contribution in [3.63, 3.8) is 0 Å². The van der Waals surface area contributed by atoms with Crippen LogP contribution in [0.2, 0.25) is 5.02 Å². The first-order valence-corrected chi connectivity index (χ1v) is 15.9. The fraction of sp³-hybridized carbons (Fsp3) is 0.457. The number of carbonyl (C=O) groups is 3. The van der Waals surface area contributed by atoms with Crippen molar-refractivity contribution in [3.05, 3.63) is 90.5 Å². The van der Waals surface area contributed by atoms with Crippen molar-refractivity contribution in [1.29, 1.82) is 0 Å². The van der Waals surface area contributed by atoms with Crippen LogP contribution in [0.25, 0.3) is 0 Å². The van der Waals surface area contributed by atoms with Gasteiger partial charge in [-0.05, 0) is 43.4 Å². The summed E-state index contributed by atoms with van der Waals surface area (Å²) >= 11 is 6.57. The van der Waals surface area contributed by atoms with Crippen LogP contribution < -0.4 is 4.90 Å². The summed E-state index contributed by atoms with van der Waals surface area (Å²) in [5, 5.41) is 9.64. The Kier molecular flexibility index (Phi) is 10.2. The molecule has 2 aromatic carbocycles.